The summed E-state index contributed by atoms with van der Waals surface area (Å²) < 4.78 is 0. The van der Waals surface area contributed by atoms with Crippen LogP contribution in [0.15, 0.2) is 18.2 Å². The van der Waals surface area contributed by atoms with Crippen molar-refractivity contribution in [2.24, 2.45) is 0 Å². The Hall–Kier alpha value is -1.82. The van der Waals surface area contributed by atoms with Gasteiger partial charge >= 0.3 is 6.03 Å². The predicted octanol–water partition coefficient (Wildman–Crippen LogP) is 2.34. The molecule has 0 radical (unpaired) electrons. The third-order valence-electron chi connectivity index (χ3n) is 1.80. The van der Waals surface area contributed by atoms with Crippen LogP contribution in [-0.4, -0.2) is 29.9 Å². The Morgan fingerprint density at radius 3 is 2.62 bits per heavy atom. The van der Waals surface area contributed by atoms with Crippen molar-refractivity contribution < 1.29 is 9.72 Å². The molecule has 7 heteroatoms. The molecule has 0 heterocycles. The lowest BCUT2D eigenvalue weighted by molar-refractivity contribution is -0.383. The number of hydrogen-bond donors (Lipinski definition) is 1. The van der Waals surface area contributed by atoms with E-state index in [2.05, 4.69) is 5.32 Å². The molecule has 0 aromatic heterocycles. The van der Waals surface area contributed by atoms with E-state index in [1.54, 1.807) is 0 Å². The first kappa shape index (κ1) is 12.3. The Bertz CT molecular complexity index is 434. The van der Waals surface area contributed by atoms with E-state index in [9.17, 15) is 14.9 Å². The average molecular weight is 244 g/mol. The van der Waals surface area contributed by atoms with Crippen LogP contribution in [0.5, 0.6) is 0 Å². The minimum atomic E-state index is -0.600. The van der Waals surface area contributed by atoms with Crippen LogP contribution in [0.4, 0.5) is 16.2 Å². The maximum Gasteiger partial charge on any atom is 0.321 e. The van der Waals surface area contributed by atoms with Crippen LogP contribution in [0.3, 0.4) is 0 Å². The minimum Gasteiger partial charge on any atom is -0.331 e. The number of amides is 2. The summed E-state index contributed by atoms with van der Waals surface area (Å²) >= 11 is 5.63. The Kier molecular flexibility index (Phi) is 3.68. The lowest BCUT2D eigenvalue weighted by Gasteiger charge is -2.11. The number of hydrogen-bond acceptors (Lipinski definition) is 3. The average Bonchev–Trinajstić information content (AvgIpc) is 2.20. The van der Waals surface area contributed by atoms with Gasteiger partial charge in [-0.25, -0.2) is 4.79 Å². The molecule has 86 valence electrons. The largest absolute Gasteiger partial charge is 0.331 e. The SMILES string of the molecule is CN(C)C(=O)Nc1ccc(Cl)cc1[N+](=O)[O-]. The molecule has 0 aliphatic heterocycles. The van der Waals surface area contributed by atoms with Crippen molar-refractivity contribution in [3.05, 3.63) is 33.3 Å². The van der Waals surface area contributed by atoms with E-state index in [-0.39, 0.29) is 16.4 Å². The second-order valence-corrected chi connectivity index (χ2v) is 3.68. The van der Waals surface area contributed by atoms with E-state index in [0.29, 0.717) is 0 Å². The molecular formula is C9H10ClN3O3. The fraction of sp³-hybridized carbons (Fsp3) is 0.222. The van der Waals surface area contributed by atoms with Gasteiger partial charge < -0.3 is 10.2 Å². The highest BCUT2D eigenvalue weighted by Crippen LogP contribution is 2.27. The number of carbonyl (C=O) groups excluding carboxylic acids is 1. The zero-order valence-corrected chi connectivity index (χ0v) is 9.49. The van der Waals surface area contributed by atoms with Gasteiger partial charge in [-0.05, 0) is 12.1 Å². The van der Waals surface area contributed by atoms with Gasteiger partial charge in [0.25, 0.3) is 5.69 Å². The zero-order chi connectivity index (χ0) is 12.3. The van der Waals surface area contributed by atoms with Crippen LogP contribution in [0.25, 0.3) is 0 Å². The molecular weight excluding hydrogens is 234 g/mol. The van der Waals surface area contributed by atoms with Gasteiger partial charge in [-0.3, -0.25) is 10.1 Å². The van der Waals surface area contributed by atoms with E-state index in [4.69, 9.17) is 11.6 Å². The fourth-order valence-corrected chi connectivity index (χ4v) is 1.15. The molecule has 6 nitrogen and oxygen atoms in total. The number of benzene rings is 1. The monoisotopic (exact) mass is 243 g/mol. The van der Waals surface area contributed by atoms with E-state index < -0.39 is 11.0 Å². The van der Waals surface area contributed by atoms with Crippen molar-refractivity contribution in [3.63, 3.8) is 0 Å². The first-order valence-electron chi connectivity index (χ1n) is 4.34. The van der Waals surface area contributed by atoms with Gasteiger partial charge in [0.2, 0.25) is 0 Å². The highest BCUT2D eigenvalue weighted by atomic mass is 35.5. The molecule has 0 aliphatic carbocycles. The molecule has 16 heavy (non-hydrogen) atoms. The topological polar surface area (TPSA) is 75.5 Å². The van der Waals surface area contributed by atoms with Gasteiger partial charge in [-0.15, -0.1) is 0 Å². The molecule has 2 amide bonds. The maximum absolute atomic E-state index is 11.3. The molecule has 0 unspecified atom stereocenters. The number of nitrogens with one attached hydrogen (secondary N) is 1. The number of urea groups is 1. The number of rotatable bonds is 2. The zero-order valence-electron chi connectivity index (χ0n) is 8.73. The summed E-state index contributed by atoms with van der Waals surface area (Å²) in [5.41, 5.74) is -0.115. The molecule has 0 saturated heterocycles. The first-order chi connectivity index (χ1) is 7.41. The van der Waals surface area contributed by atoms with Crippen LogP contribution in [0, 0.1) is 10.1 Å². The van der Waals surface area contributed by atoms with Gasteiger partial charge in [-0.1, -0.05) is 11.6 Å². The van der Waals surface area contributed by atoms with Crippen molar-refractivity contribution in [2.45, 2.75) is 0 Å². The lowest BCUT2D eigenvalue weighted by atomic mass is 10.2. The molecule has 1 N–H and O–H groups in total. The van der Waals surface area contributed by atoms with E-state index in [1.165, 1.54) is 37.2 Å². The fourth-order valence-electron chi connectivity index (χ4n) is 0.989. The summed E-state index contributed by atoms with van der Waals surface area (Å²) in [5.74, 6) is 0. The standard InChI is InChI=1S/C9H10ClN3O3/c1-12(2)9(14)11-7-4-3-6(10)5-8(7)13(15)16/h3-5H,1-2H3,(H,11,14). The number of anilines is 1. The summed E-state index contributed by atoms with van der Waals surface area (Å²) in [6.07, 6.45) is 0. The van der Waals surface area contributed by atoms with E-state index in [1.807, 2.05) is 0 Å². The number of carbonyl (C=O) groups is 1. The van der Waals surface area contributed by atoms with E-state index >= 15 is 0 Å². The van der Waals surface area contributed by atoms with Gasteiger partial charge in [0, 0.05) is 25.2 Å². The van der Waals surface area contributed by atoms with Gasteiger partial charge in [-0.2, -0.15) is 0 Å². The third kappa shape index (κ3) is 2.83. The highest BCUT2D eigenvalue weighted by molar-refractivity contribution is 6.31. The number of nitrogens with zero attached hydrogens (tertiary/aromatic N) is 2. The molecule has 0 saturated carbocycles. The van der Waals surface area contributed by atoms with Crippen LogP contribution < -0.4 is 5.32 Å². The predicted molar refractivity (Wildman–Crippen MR) is 60.8 cm³/mol. The lowest BCUT2D eigenvalue weighted by Crippen LogP contribution is -2.27. The summed E-state index contributed by atoms with van der Waals surface area (Å²) in [5, 5.41) is 13.4. The van der Waals surface area contributed by atoms with Crippen molar-refractivity contribution in [1.82, 2.24) is 4.90 Å². The normalized spacial score (nSPS) is 9.69. The molecule has 0 spiro atoms. The van der Waals surface area contributed by atoms with E-state index in [0.717, 1.165) is 0 Å². The first-order valence-corrected chi connectivity index (χ1v) is 4.72. The van der Waals surface area contributed by atoms with Crippen molar-refractivity contribution in [1.29, 1.82) is 0 Å². The Morgan fingerprint density at radius 1 is 1.50 bits per heavy atom. The highest BCUT2D eigenvalue weighted by Gasteiger charge is 2.16. The van der Waals surface area contributed by atoms with Crippen molar-refractivity contribution in [2.75, 3.05) is 19.4 Å². The molecule has 1 aromatic rings. The minimum absolute atomic E-state index is 0.119. The number of halogens is 1. The van der Waals surface area contributed by atoms with Gasteiger partial charge in [0.15, 0.2) is 0 Å². The van der Waals surface area contributed by atoms with Gasteiger partial charge in [0.05, 0.1) is 4.92 Å². The van der Waals surface area contributed by atoms with Crippen molar-refractivity contribution >= 4 is 29.0 Å². The smallest absolute Gasteiger partial charge is 0.321 e. The van der Waals surface area contributed by atoms with Crippen LogP contribution in [-0.2, 0) is 0 Å². The summed E-state index contributed by atoms with van der Waals surface area (Å²) in [6, 6.07) is 3.61. The van der Waals surface area contributed by atoms with Crippen LogP contribution in [0.2, 0.25) is 5.02 Å². The quantitative estimate of drug-likeness (QED) is 0.640. The Morgan fingerprint density at radius 2 is 2.12 bits per heavy atom. The van der Waals surface area contributed by atoms with Crippen LogP contribution >= 0.6 is 11.6 Å². The summed E-state index contributed by atoms with van der Waals surface area (Å²) in [6.45, 7) is 0. The third-order valence-corrected chi connectivity index (χ3v) is 2.04. The molecule has 1 rings (SSSR count). The Labute approximate surface area is 97.0 Å². The van der Waals surface area contributed by atoms with Crippen LogP contribution in [0.1, 0.15) is 0 Å². The Balaban J connectivity index is 3.04. The molecule has 0 fully saturated rings. The summed E-state index contributed by atoms with van der Waals surface area (Å²) in [7, 11) is 3.08. The van der Waals surface area contributed by atoms with Crippen molar-refractivity contribution in [3.8, 4) is 0 Å². The summed E-state index contributed by atoms with van der Waals surface area (Å²) in [4.78, 5) is 22.7. The van der Waals surface area contributed by atoms with Gasteiger partial charge in [0.1, 0.15) is 5.69 Å². The molecule has 0 bridgehead atoms. The number of nitro groups is 1. The second-order valence-electron chi connectivity index (χ2n) is 3.24. The number of nitro benzene ring substituents is 1. The second kappa shape index (κ2) is 4.80. The molecule has 0 aliphatic rings. The molecule has 0 atom stereocenters. The molecule has 1 aromatic carbocycles. The maximum atomic E-state index is 11.3.